The average molecular weight is 280 g/mol. The van der Waals surface area contributed by atoms with Crippen LogP contribution in [-0.4, -0.2) is 33.7 Å². The largest absolute Gasteiger partial charge is 0.481 e. The molecule has 3 N–H and O–H groups in total. The molecule has 6 heteroatoms. The smallest absolute Gasteiger partial charge is 0.315 e. The van der Waals surface area contributed by atoms with Gasteiger partial charge in [-0.2, -0.15) is 0 Å². The first-order valence-corrected chi connectivity index (χ1v) is 6.31. The molecule has 6 nitrogen and oxygen atoms in total. The van der Waals surface area contributed by atoms with Crippen molar-refractivity contribution in [1.29, 1.82) is 0 Å². The van der Waals surface area contributed by atoms with Gasteiger partial charge in [-0.05, 0) is 32.4 Å². The molecule has 0 aliphatic carbocycles. The van der Waals surface area contributed by atoms with E-state index >= 15 is 0 Å². The van der Waals surface area contributed by atoms with E-state index in [2.05, 4.69) is 4.98 Å². The SMILES string of the molecule is CC(C)(C)OC(=O)[C@H](c1cccnc1)[C@@H](N)CC(=O)O. The summed E-state index contributed by atoms with van der Waals surface area (Å²) in [5, 5.41) is 8.85. The third-order valence-corrected chi connectivity index (χ3v) is 2.54. The lowest BCUT2D eigenvalue weighted by Gasteiger charge is -2.26. The Bertz CT molecular complexity index is 468. The van der Waals surface area contributed by atoms with E-state index in [0.29, 0.717) is 5.56 Å². The Morgan fingerprint density at radius 2 is 2.10 bits per heavy atom. The molecule has 0 aliphatic heterocycles. The molecule has 0 radical (unpaired) electrons. The number of rotatable bonds is 5. The van der Waals surface area contributed by atoms with Crippen LogP contribution in [0.4, 0.5) is 0 Å². The van der Waals surface area contributed by atoms with Crippen LogP contribution in [-0.2, 0) is 14.3 Å². The third kappa shape index (κ3) is 4.97. The van der Waals surface area contributed by atoms with Crippen molar-refractivity contribution >= 4 is 11.9 Å². The second kappa shape index (κ2) is 6.47. The molecule has 0 fully saturated rings. The Balaban J connectivity index is 3.02. The number of carboxylic acids is 1. The number of aromatic nitrogens is 1. The summed E-state index contributed by atoms with van der Waals surface area (Å²) in [5.74, 6) is -2.45. The summed E-state index contributed by atoms with van der Waals surface area (Å²) >= 11 is 0. The minimum Gasteiger partial charge on any atom is -0.481 e. The summed E-state index contributed by atoms with van der Waals surface area (Å²) in [7, 11) is 0. The van der Waals surface area contributed by atoms with E-state index in [1.165, 1.54) is 6.20 Å². The molecule has 1 heterocycles. The van der Waals surface area contributed by atoms with E-state index in [9.17, 15) is 9.59 Å². The van der Waals surface area contributed by atoms with Crippen molar-refractivity contribution in [3.05, 3.63) is 30.1 Å². The van der Waals surface area contributed by atoms with Gasteiger partial charge in [-0.25, -0.2) is 0 Å². The van der Waals surface area contributed by atoms with Gasteiger partial charge in [0.25, 0.3) is 0 Å². The molecule has 1 rings (SSSR count). The number of carbonyl (C=O) groups is 2. The number of hydrogen-bond donors (Lipinski definition) is 2. The molecule has 0 unspecified atom stereocenters. The van der Waals surface area contributed by atoms with Gasteiger partial charge in [0, 0.05) is 18.4 Å². The van der Waals surface area contributed by atoms with Crippen LogP contribution in [0.1, 0.15) is 38.7 Å². The zero-order valence-electron chi connectivity index (χ0n) is 11.9. The van der Waals surface area contributed by atoms with Crippen molar-refractivity contribution in [2.24, 2.45) is 5.73 Å². The van der Waals surface area contributed by atoms with Crippen LogP contribution in [0.25, 0.3) is 0 Å². The maximum absolute atomic E-state index is 12.3. The number of ether oxygens (including phenoxy) is 1. The first kappa shape index (κ1) is 16.1. The molecule has 110 valence electrons. The molecule has 1 aromatic rings. The van der Waals surface area contributed by atoms with Crippen LogP contribution >= 0.6 is 0 Å². The van der Waals surface area contributed by atoms with E-state index < -0.39 is 29.5 Å². The quantitative estimate of drug-likeness (QED) is 0.788. The first-order chi connectivity index (χ1) is 9.20. The fourth-order valence-corrected chi connectivity index (χ4v) is 1.80. The van der Waals surface area contributed by atoms with Crippen molar-refractivity contribution < 1.29 is 19.4 Å². The lowest BCUT2D eigenvalue weighted by atomic mass is 9.91. The minimum atomic E-state index is -1.06. The van der Waals surface area contributed by atoms with Gasteiger partial charge in [-0.3, -0.25) is 14.6 Å². The Hall–Kier alpha value is -1.95. The van der Waals surface area contributed by atoms with E-state index in [1.54, 1.807) is 39.1 Å². The highest BCUT2D eigenvalue weighted by atomic mass is 16.6. The predicted octanol–water partition coefficient (Wildman–Crippen LogP) is 1.31. The number of pyridine rings is 1. The van der Waals surface area contributed by atoms with Crippen molar-refractivity contribution in [1.82, 2.24) is 4.98 Å². The third-order valence-electron chi connectivity index (χ3n) is 2.54. The van der Waals surface area contributed by atoms with Crippen LogP contribution in [0.5, 0.6) is 0 Å². The number of esters is 1. The fourth-order valence-electron chi connectivity index (χ4n) is 1.80. The van der Waals surface area contributed by atoms with E-state index in [0.717, 1.165) is 0 Å². The van der Waals surface area contributed by atoms with Gasteiger partial charge >= 0.3 is 11.9 Å². The number of hydrogen-bond acceptors (Lipinski definition) is 5. The maximum Gasteiger partial charge on any atom is 0.315 e. The number of aliphatic carboxylic acids is 1. The molecule has 2 atom stereocenters. The molecule has 0 saturated carbocycles. The Morgan fingerprint density at radius 1 is 1.45 bits per heavy atom. The molecule has 0 aliphatic rings. The molecule has 0 aromatic carbocycles. The molecular formula is C14H20N2O4. The van der Waals surface area contributed by atoms with Crippen LogP contribution < -0.4 is 5.73 Å². The molecule has 0 saturated heterocycles. The molecule has 20 heavy (non-hydrogen) atoms. The van der Waals surface area contributed by atoms with Gasteiger partial charge in [0.05, 0.1) is 12.3 Å². The predicted molar refractivity (Wildman–Crippen MR) is 73.1 cm³/mol. The second-order valence-electron chi connectivity index (χ2n) is 5.56. The second-order valence-corrected chi connectivity index (χ2v) is 5.56. The summed E-state index contributed by atoms with van der Waals surface area (Å²) in [6.45, 7) is 5.23. The van der Waals surface area contributed by atoms with E-state index in [-0.39, 0.29) is 6.42 Å². The van der Waals surface area contributed by atoms with Gasteiger partial charge in [0.1, 0.15) is 5.60 Å². The van der Waals surface area contributed by atoms with Gasteiger partial charge in [0.2, 0.25) is 0 Å². The first-order valence-electron chi connectivity index (χ1n) is 6.31. The number of carbonyl (C=O) groups excluding carboxylic acids is 1. The summed E-state index contributed by atoms with van der Waals surface area (Å²) in [4.78, 5) is 27.0. The standard InChI is InChI=1S/C14H20N2O4/c1-14(2,3)20-13(19)12(10(15)7-11(17)18)9-5-4-6-16-8-9/h4-6,8,10,12H,7,15H2,1-3H3,(H,17,18)/t10-,12+/m0/s1. The molecule has 0 bridgehead atoms. The Kier molecular flexibility index (Phi) is 5.21. The van der Waals surface area contributed by atoms with Gasteiger partial charge in [-0.1, -0.05) is 6.07 Å². The van der Waals surface area contributed by atoms with E-state index in [4.69, 9.17) is 15.6 Å². The topological polar surface area (TPSA) is 103 Å². The highest BCUT2D eigenvalue weighted by Gasteiger charge is 2.33. The average Bonchev–Trinajstić information content (AvgIpc) is 2.26. The molecule has 0 amide bonds. The Labute approximate surface area is 118 Å². The fraction of sp³-hybridized carbons (Fsp3) is 0.500. The van der Waals surface area contributed by atoms with Crippen LogP contribution in [0.15, 0.2) is 24.5 Å². The summed E-state index contributed by atoms with van der Waals surface area (Å²) in [5.41, 5.74) is 5.75. The lowest BCUT2D eigenvalue weighted by molar-refractivity contribution is -0.157. The highest BCUT2D eigenvalue weighted by Crippen LogP contribution is 2.24. The molecular weight excluding hydrogens is 260 g/mol. The highest BCUT2D eigenvalue weighted by molar-refractivity contribution is 5.80. The van der Waals surface area contributed by atoms with Crippen molar-refractivity contribution in [3.63, 3.8) is 0 Å². The zero-order valence-corrected chi connectivity index (χ0v) is 11.9. The zero-order chi connectivity index (χ0) is 15.3. The summed E-state index contributed by atoms with van der Waals surface area (Å²) in [6.07, 6.45) is 2.74. The van der Waals surface area contributed by atoms with Gasteiger partial charge in [-0.15, -0.1) is 0 Å². The lowest BCUT2D eigenvalue weighted by Crippen LogP contribution is -2.39. The van der Waals surface area contributed by atoms with Crippen LogP contribution in [0.2, 0.25) is 0 Å². The van der Waals surface area contributed by atoms with Crippen molar-refractivity contribution in [2.45, 2.75) is 44.8 Å². The van der Waals surface area contributed by atoms with Crippen LogP contribution in [0.3, 0.4) is 0 Å². The summed E-state index contributed by atoms with van der Waals surface area (Å²) < 4.78 is 5.32. The van der Waals surface area contributed by atoms with Crippen molar-refractivity contribution in [3.8, 4) is 0 Å². The monoisotopic (exact) mass is 280 g/mol. The molecule has 0 spiro atoms. The summed E-state index contributed by atoms with van der Waals surface area (Å²) in [6, 6.07) is 2.48. The maximum atomic E-state index is 12.3. The molecule has 1 aromatic heterocycles. The Morgan fingerprint density at radius 3 is 2.55 bits per heavy atom. The van der Waals surface area contributed by atoms with E-state index in [1.807, 2.05) is 0 Å². The van der Waals surface area contributed by atoms with Gasteiger partial charge < -0.3 is 15.6 Å². The van der Waals surface area contributed by atoms with Gasteiger partial charge in [0.15, 0.2) is 0 Å². The number of nitrogens with zero attached hydrogens (tertiary/aromatic N) is 1. The van der Waals surface area contributed by atoms with Crippen molar-refractivity contribution in [2.75, 3.05) is 0 Å². The number of nitrogens with two attached hydrogens (primary N) is 1. The normalized spacial score (nSPS) is 14.4. The number of carboxylic acid groups (broad SMARTS) is 1. The van der Waals surface area contributed by atoms with Crippen LogP contribution in [0, 0.1) is 0 Å². The minimum absolute atomic E-state index is 0.321.